The van der Waals surface area contributed by atoms with E-state index in [1.54, 1.807) is 72.8 Å². The molecule has 13 nitrogen and oxygen atoms in total. The van der Waals surface area contributed by atoms with Crippen LogP contribution in [0.2, 0.25) is 0 Å². The second-order valence-corrected chi connectivity index (χ2v) is 14.8. The summed E-state index contributed by atoms with van der Waals surface area (Å²) >= 11 is 0. The van der Waals surface area contributed by atoms with Gasteiger partial charge in [-0.2, -0.15) is 0 Å². The Balaban J connectivity index is 1.38. The molecule has 0 bridgehead atoms. The number of para-hydroxylation sites is 1. The number of anilines is 1. The Hall–Kier alpha value is -6.38. The van der Waals surface area contributed by atoms with E-state index in [0.717, 1.165) is 10.5 Å². The standard InChI is InChI=1S/C47H45N3O10/c1-57-27-28-59-46(56)49-36-20-12-11-19-35(36)47(45(49)55)38(43(53)48-29-37(52)30-13-5-2-6-14-30)40-44(54)60-41(32-17-9-4-10-18-32)39(31-15-7-3-8-16-31)50(40)42(47)33-21-23-34(24-22-33)58-26-25-51/h2-24,37-42,51-52H,25-29H2,1H3,(H,48,53)/t37-,38+,39+,40+,41-,42-,47+/m0/s1. The van der Waals surface area contributed by atoms with Crippen molar-refractivity contribution in [1.29, 1.82) is 0 Å². The van der Waals surface area contributed by atoms with Gasteiger partial charge in [0.2, 0.25) is 11.8 Å². The van der Waals surface area contributed by atoms with Crippen LogP contribution < -0.4 is 15.0 Å². The number of imide groups is 1. The lowest BCUT2D eigenvalue weighted by Gasteiger charge is -2.46. The Morgan fingerprint density at radius 3 is 2.07 bits per heavy atom. The first-order valence-corrected chi connectivity index (χ1v) is 19.8. The minimum atomic E-state index is -1.96. The first-order valence-electron chi connectivity index (χ1n) is 19.8. The average molecular weight is 812 g/mol. The Kier molecular flexibility index (Phi) is 11.8. The summed E-state index contributed by atoms with van der Waals surface area (Å²) in [7, 11) is 1.46. The van der Waals surface area contributed by atoms with Crippen molar-refractivity contribution in [3.8, 4) is 5.75 Å². The van der Waals surface area contributed by atoms with Gasteiger partial charge in [-0.05, 0) is 46.0 Å². The summed E-state index contributed by atoms with van der Waals surface area (Å²) in [5, 5.41) is 23.6. The molecule has 60 heavy (non-hydrogen) atoms. The number of carbonyl (C=O) groups excluding carboxylic acids is 4. The predicted molar refractivity (Wildman–Crippen MR) is 219 cm³/mol. The van der Waals surface area contributed by atoms with E-state index in [2.05, 4.69) is 5.32 Å². The van der Waals surface area contributed by atoms with Gasteiger partial charge in [0, 0.05) is 13.7 Å². The molecular weight excluding hydrogens is 767 g/mol. The zero-order valence-corrected chi connectivity index (χ0v) is 32.8. The van der Waals surface area contributed by atoms with E-state index in [0.29, 0.717) is 28.0 Å². The number of aliphatic hydroxyl groups excluding tert-OH is 2. The molecule has 0 aromatic heterocycles. The Morgan fingerprint density at radius 2 is 1.40 bits per heavy atom. The molecule has 0 radical (unpaired) electrons. The van der Waals surface area contributed by atoms with E-state index in [1.807, 2.05) is 71.6 Å². The summed E-state index contributed by atoms with van der Waals surface area (Å²) in [4.78, 5) is 63.3. The molecule has 3 aliphatic heterocycles. The van der Waals surface area contributed by atoms with Gasteiger partial charge in [0.1, 0.15) is 36.5 Å². The largest absolute Gasteiger partial charge is 0.491 e. The third-order valence-corrected chi connectivity index (χ3v) is 11.6. The van der Waals surface area contributed by atoms with E-state index in [9.17, 15) is 15.0 Å². The van der Waals surface area contributed by atoms with Crippen molar-refractivity contribution in [3.63, 3.8) is 0 Å². The van der Waals surface area contributed by atoms with Crippen molar-refractivity contribution < 1.29 is 48.3 Å². The highest BCUT2D eigenvalue weighted by molar-refractivity contribution is 6.23. The van der Waals surface area contributed by atoms with Crippen LogP contribution in [0.3, 0.4) is 0 Å². The Bertz CT molecular complexity index is 2310. The van der Waals surface area contributed by atoms with Crippen LogP contribution in [0.5, 0.6) is 5.75 Å². The number of carbonyl (C=O) groups is 4. The molecule has 3 heterocycles. The van der Waals surface area contributed by atoms with E-state index >= 15 is 14.4 Å². The van der Waals surface area contributed by atoms with Crippen LogP contribution in [0, 0.1) is 5.92 Å². The topological polar surface area (TPSA) is 164 Å². The van der Waals surface area contributed by atoms with Gasteiger partial charge in [-0.1, -0.05) is 121 Å². The molecule has 3 N–H and O–H groups in total. The molecule has 2 fully saturated rings. The molecule has 0 saturated carbocycles. The Morgan fingerprint density at radius 1 is 0.767 bits per heavy atom. The number of cyclic esters (lactones) is 1. The fourth-order valence-electron chi connectivity index (χ4n) is 9.13. The summed E-state index contributed by atoms with van der Waals surface area (Å²) in [5.74, 6) is -3.29. The first-order chi connectivity index (χ1) is 29.3. The molecule has 5 aromatic rings. The lowest BCUT2D eigenvalue weighted by atomic mass is 9.65. The minimum absolute atomic E-state index is 0.0463. The number of ether oxygens (including phenoxy) is 4. The fourth-order valence-corrected chi connectivity index (χ4v) is 9.13. The highest BCUT2D eigenvalue weighted by atomic mass is 16.6. The summed E-state index contributed by atoms with van der Waals surface area (Å²) in [6.45, 7) is -0.479. The molecule has 0 aliphatic carbocycles. The summed E-state index contributed by atoms with van der Waals surface area (Å²) in [6, 6.07) is 38.0. The number of methoxy groups -OCH3 is 1. The maximum Gasteiger partial charge on any atom is 0.421 e. The number of benzene rings is 5. The second-order valence-electron chi connectivity index (χ2n) is 14.8. The molecule has 0 unspecified atom stereocenters. The SMILES string of the molecule is COCCOC(=O)N1C(=O)[C@@]2(c3ccccc31)[C@H](c1ccc(OCCO)cc1)N1[C@H](c3ccccc3)[C@H](c3ccccc3)OC(=O)[C@H]1[C@@H]2C(=O)NC[C@H](O)c1ccccc1. The lowest BCUT2D eigenvalue weighted by Crippen LogP contribution is -2.56. The van der Waals surface area contributed by atoms with Crippen LogP contribution in [0.15, 0.2) is 140 Å². The van der Waals surface area contributed by atoms with Crippen LogP contribution in [-0.2, 0) is 34.0 Å². The van der Waals surface area contributed by atoms with Crippen molar-refractivity contribution in [2.75, 3.05) is 45.0 Å². The third kappa shape index (κ3) is 7.09. The second kappa shape index (κ2) is 17.5. The van der Waals surface area contributed by atoms with Gasteiger partial charge in [-0.15, -0.1) is 0 Å². The Labute approximate surface area is 347 Å². The fraction of sp³-hybridized carbons (Fsp3) is 0.277. The number of hydrogen-bond donors (Lipinski definition) is 3. The molecular formula is C47H45N3O10. The normalized spacial score (nSPS) is 23.7. The molecule has 7 atom stereocenters. The number of aliphatic hydroxyl groups is 2. The molecule has 1 spiro atoms. The van der Waals surface area contributed by atoms with E-state index < -0.39 is 65.5 Å². The maximum absolute atomic E-state index is 15.9. The smallest absolute Gasteiger partial charge is 0.421 e. The molecule has 13 heteroatoms. The zero-order valence-electron chi connectivity index (χ0n) is 32.8. The van der Waals surface area contributed by atoms with Crippen LogP contribution in [0.25, 0.3) is 0 Å². The molecule has 3 amide bonds. The van der Waals surface area contributed by atoms with Crippen LogP contribution in [0.4, 0.5) is 10.5 Å². The maximum atomic E-state index is 15.9. The number of hydrogen-bond acceptors (Lipinski definition) is 11. The van der Waals surface area contributed by atoms with E-state index in [1.165, 1.54) is 7.11 Å². The van der Waals surface area contributed by atoms with Gasteiger partial charge < -0.3 is 34.5 Å². The van der Waals surface area contributed by atoms with E-state index in [-0.39, 0.29) is 38.7 Å². The number of amides is 3. The number of rotatable bonds is 13. The highest BCUT2D eigenvalue weighted by Gasteiger charge is 2.75. The molecule has 308 valence electrons. The molecule has 5 aromatic carbocycles. The van der Waals surface area contributed by atoms with Crippen molar-refractivity contribution in [2.45, 2.75) is 35.7 Å². The van der Waals surface area contributed by atoms with Crippen molar-refractivity contribution in [2.24, 2.45) is 5.92 Å². The van der Waals surface area contributed by atoms with Crippen LogP contribution in [-0.4, -0.2) is 85.1 Å². The quantitative estimate of drug-likeness (QED) is 0.104. The van der Waals surface area contributed by atoms with Crippen molar-refractivity contribution in [1.82, 2.24) is 10.2 Å². The number of morpholine rings is 1. The van der Waals surface area contributed by atoms with Crippen molar-refractivity contribution >= 4 is 29.6 Å². The van der Waals surface area contributed by atoms with Gasteiger partial charge >= 0.3 is 12.1 Å². The molecule has 2 saturated heterocycles. The molecule has 8 rings (SSSR count). The summed E-state index contributed by atoms with van der Waals surface area (Å²) < 4.78 is 22.9. The first kappa shape index (κ1) is 40.4. The number of nitrogens with zero attached hydrogens (tertiary/aromatic N) is 2. The van der Waals surface area contributed by atoms with Gasteiger partial charge in [0.05, 0.1) is 43.0 Å². The zero-order chi connectivity index (χ0) is 41.8. The average Bonchev–Trinajstić information content (AvgIpc) is 3.75. The number of fused-ring (bicyclic) bond motifs is 3. The third-order valence-electron chi connectivity index (χ3n) is 11.6. The highest BCUT2D eigenvalue weighted by Crippen LogP contribution is 2.65. The van der Waals surface area contributed by atoms with Crippen LogP contribution in [0.1, 0.15) is 52.1 Å². The molecule has 3 aliphatic rings. The van der Waals surface area contributed by atoms with E-state index in [4.69, 9.17) is 18.9 Å². The predicted octanol–water partition coefficient (Wildman–Crippen LogP) is 5.36. The summed E-state index contributed by atoms with van der Waals surface area (Å²) in [5.41, 5.74) is 1.11. The monoisotopic (exact) mass is 811 g/mol. The lowest BCUT2D eigenvalue weighted by molar-refractivity contribution is -0.178. The summed E-state index contributed by atoms with van der Waals surface area (Å²) in [6.07, 6.45) is -2.99. The number of nitrogens with one attached hydrogen (secondary N) is 1. The number of esters is 1. The van der Waals surface area contributed by atoms with Gasteiger partial charge in [0.25, 0.3) is 0 Å². The van der Waals surface area contributed by atoms with Gasteiger partial charge in [-0.25, -0.2) is 9.69 Å². The van der Waals surface area contributed by atoms with Crippen molar-refractivity contribution in [3.05, 3.63) is 167 Å². The van der Waals surface area contributed by atoms with Gasteiger partial charge in [-0.3, -0.25) is 19.3 Å². The van der Waals surface area contributed by atoms with Gasteiger partial charge in [0.15, 0.2) is 0 Å². The minimum Gasteiger partial charge on any atom is -0.491 e. The van der Waals surface area contributed by atoms with Crippen LogP contribution >= 0.6 is 0 Å².